The Hall–Kier alpha value is -7.04. The quantitative estimate of drug-likeness (QED) is 0.160. The molecule has 0 N–H and O–H groups in total. The summed E-state index contributed by atoms with van der Waals surface area (Å²) in [7, 11) is 0. The third-order valence-corrected chi connectivity index (χ3v) is 11.5. The van der Waals surface area contributed by atoms with Gasteiger partial charge in [0.2, 0.25) is 0 Å². The largest absolute Gasteiger partial charge is 0.327 e. The summed E-state index contributed by atoms with van der Waals surface area (Å²) >= 11 is 0. The number of benzene rings is 7. The molecule has 11 rings (SSSR count). The maximum Gasteiger partial charge on any atom is 0.137 e. The van der Waals surface area contributed by atoms with Crippen molar-refractivity contribution >= 4 is 27.2 Å². The minimum Gasteiger partial charge on any atom is -0.327 e. The van der Waals surface area contributed by atoms with E-state index in [0.717, 1.165) is 52.4 Å². The second kappa shape index (κ2) is 13.4. The molecule has 4 heterocycles. The SMILES string of the molecule is c1ccc(-c2c(-c3ccc(-c4c5ccccc5c(-c5ccc(-c6nc7ccccn7c6-c6ccccc6)cc5)c5ccccc45)cc3)nc3n2CCCC3)cc1. The van der Waals surface area contributed by atoms with Crippen molar-refractivity contribution in [3.05, 3.63) is 188 Å². The van der Waals surface area contributed by atoms with Crippen molar-refractivity contribution in [2.24, 2.45) is 0 Å². The second-order valence-electron chi connectivity index (χ2n) is 14.8. The number of imidazole rings is 2. The molecule has 7 aromatic carbocycles. The molecule has 10 aromatic rings. The van der Waals surface area contributed by atoms with Crippen molar-refractivity contribution < 1.29 is 0 Å². The van der Waals surface area contributed by atoms with Gasteiger partial charge in [-0.05, 0) is 68.8 Å². The molecular weight excluding hydrogens is 681 g/mol. The van der Waals surface area contributed by atoms with Crippen LogP contribution in [0.4, 0.5) is 0 Å². The van der Waals surface area contributed by atoms with Crippen molar-refractivity contribution in [1.29, 1.82) is 0 Å². The van der Waals surface area contributed by atoms with Crippen molar-refractivity contribution in [3.63, 3.8) is 0 Å². The maximum atomic E-state index is 5.26. The average Bonchev–Trinajstić information content (AvgIpc) is 3.86. The van der Waals surface area contributed by atoms with Crippen LogP contribution in [0.5, 0.6) is 0 Å². The molecule has 1 aliphatic heterocycles. The highest BCUT2D eigenvalue weighted by Crippen LogP contribution is 2.45. The Kier molecular flexibility index (Phi) is 7.73. The highest BCUT2D eigenvalue weighted by Gasteiger charge is 2.23. The van der Waals surface area contributed by atoms with Crippen LogP contribution in [0.1, 0.15) is 18.7 Å². The van der Waals surface area contributed by atoms with Gasteiger partial charge in [0.05, 0.1) is 22.8 Å². The molecule has 3 aromatic heterocycles. The molecule has 56 heavy (non-hydrogen) atoms. The van der Waals surface area contributed by atoms with Gasteiger partial charge in [0, 0.05) is 41.4 Å². The van der Waals surface area contributed by atoms with Crippen LogP contribution in [-0.4, -0.2) is 18.9 Å². The number of pyridine rings is 1. The van der Waals surface area contributed by atoms with E-state index in [1.807, 2.05) is 6.07 Å². The smallest absolute Gasteiger partial charge is 0.137 e. The van der Waals surface area contributed by atoms with Gasteiger partial charge in [-0.15, -0.1) is 0 Å². The summed E-state index contributed by atoms with van der Waals surface area (Å²) < 4.78 is 4.64. The second-order valence-corrected chi connectivity index (χ2v) is 14.8. The predicted molar refractivity (Wildman–Crippen MR) is 232 cm³/mol. The molecule has 0 bridgehead atoms. The Morgan fingerprint density at radius 1 is 0.375 bits per heavy atom. The van der Waals surface area contributed by atoms with Gasteiger partial charge < -0.3 is 4.57 Å². The van der Waals surface area contributed by atoms with Crippen molar-refractivity contribution in [2.45, 2.75) is 25.8 Å². The van der Waals surface area contributed by atoms with Crippen LogP contribution in [0.15, 0.2) is 182 Å². The summed E-state index contributed by atoms with van der Waals surface area (Å²) in [5, 5.41) is 4.96. The van der Waals surface area contributed by atoms with Gasteiger partial charge in [-0.3, -0.25) is 4.40 Å². The minimum atomic E-state index is 0.937. The number of fused-ring (bicyclic) bond motifs is 4. The number of hydrogen-bond acceptors (Lipinski definition) is 2. The highest BCUT2D eigenvalue weighted by molar-refractivity contribution is 6.21. The van der Waals surface area contributed by atoms with E-state index in [1.54, 1.807) is 0 Å². The molecular formula is C52H38N4. The van der Waals surface area contributed by atoms with E-state index in [2.05, 4.69) is 185 Å². The van der Waals surface area contributed by atoms with E-state index in [0.29, 0.717) is 0 Å². The molecule has 1 aliphatic rings. The Labute approximate surface area is 326 Å². The van der Waals surface area contributed by atoms with Gasteiger partial charge >= 0.3 is 0 Å². The summed E-state index contributed by atoms with van der Waals surface area (Å²) in [4.78, 5) is 10.4. The molecule has 266 valence electrons. The number of rotatable bonds is 6. The average molecular weight is 719 g/mol. The van der Waals surface area contributed by atoms with Crippen molar-refractivity contribution in [2.75, 3.05) is 0 Å². The van der Waals surface area contributed by atoms with Crippen LogP contribution in [0, 0.1) is 0 Å². The summed E-state index contributed by atoms with van der Waals surface area (Å²) in [6.07, 6.45) is 5.52. The minimum absolute atomic E-state index is 0.937. The van der Waals surface area contributed by atoms with E-state index in [9.17, 15) is 0 Å². The predicted octanol–water partition coefficient (Wildman–Crippen LogP) is 13.2. The fraction of sp³-hybridized carbons (Fsp3) is 0.0769. The van der Waals surface area contributed by atoms with E-state index in [-0.39, 0.29) is 0 Å². The molecule has 0 saturated carbocycles. The van der Waals surface area contributed by atoms with Crippen LogP contribution >= 0.6 is 0 Å². The number of aryl methyl sites for hydroxylation is 1. The first kappa shape index (κ1) is 32.4. The molecule has 0 saturated heterocycles. The molecule has 0 unspecified atom stereocenters. The van der Waals surface area contributed by atoms with E-state index in [4.69, 9.17) is 9.97 Å². The van der Waals surface area contributed by atoms with Crippen LogP contribution in [0.2, 0.25) is 0 Å². The Morgan fingerprint density at radius 3 is 1.39 bits per heavy atom. The van der Waals surface area contributed by atoms with E-state index >= 15 is 0 Å². The molecule has 0 spiro atoms. The zero-order valence-electron chi connectivity index (χ0n) is 30.9. The topological polar surface area (TPSA) is 35.1 Å². The van der Waals surface area contributed by atoms with Crippen molar-refractivity contribution in [1.82, 2.24) is 18.9 Å². The van der Waals surface area contributed by atoms with Gasteiger partial charge in [0.25, 0.3) is 0 Å². The molecule has 4 heteroatoms. The number of nitrogens with zero attached hydrogens (tertiary/aromatic N) is 4. The van der Waals surface area contributed by atoms with E-state index < -0.39 is 0 Å². The lowest BCUT2D eigenvalue weighted by atomic mass is 9.85. The Morgan fingerprint density at radius 2 is 0.839 bits per heavy atom. The third-order valence-electron chi connectivity index (χ3n) is 11.5. The Bertz CT molecular complexity index is 2990. The highest BCUT2D eigenvalue weighted by atomic mass is 15.1. The van der Waals surface area contributed by atoms with Crippen molar-refractivity contribution in [3.8, 4) is 67.3 Å². The van der Waals surface area contributed by atoms with Gasteiger partial charge in [0.1, 0.15) is 11.5 Å². The van der Waals surface area contributed by atoms with Gasteiger partial charge in [-0.1, -0.05) is 164 Å². The molecule has 0 radical (unpaired) electrons. The van der Waals surface area contributed by atoms with Gasteiger partial charge in [-0.2, -0.15) is 0 Å². The summed E-state index contributed by atoms with van der Waals surface area (Å²) in [5.74, 6) is 1.20. The molecule has 0 atom stereocenters. The summed E-state index contributed by atoms with van der Waals surface area (Å²) in [6, 6.07) is 63.4. The lowest BCUT2D eigenvalue weighted by Gasteiger charge is -2.18. The number of aromatic nitrogens is 4. The molecule has 0 aliphatic carbocycles. The summed E-state index contributed by atoms with van der Waals surface area (Å²) in [6.45, 7) is 1.02. The maximum absolute atomic E-state index is 5.26. The number of hydrogen-bond donors (Lipinski definition) is 0. The summed E-state index contributed by atoms with van der Waals surface area (Å²) in [5.41, 5.74) is 14.8. The Balaban J connectivity index is 1.03. The monoisotopic (exact) mass is 718 g/mol. The zero-order valence-corrected chi connectivity index (χ0v) is 30.9. The van der Waals surface area contributed by atoms with E-state index in [1.165, 1.54) is 73.7 Å². The van der Waals surface area contributed by atoms with Gasteiger partial charge in [-0.25, -0.2) is 9.97 Å². The molecule has 4 nitrogen and oxygen atoms in total. The zero-order chi connectivity index (χ0) is 37.0. The first-order valence-electron chi connectivity index (χ1n) is 19.6. The molecule has 0 fully saturated rings. The van der Waals surface area contributed by atoms with Crippen LogP contribution in [-0.2, 0) is 13.0 Å². The van der Waals surface area contributed by atoms with Crippen LogP contribution < -0.4 is 0 Å². The van der Waals surface area contributed by atoms with Crippen LogP contribution in [0.3, 0.4) is 0 Å². The van der Waals surface area contributed by atoms with Gasteiger partial charge in [0.15, 0.2) is 0 Å². The van der Waals surface area contributed by atoms with Crippen LogP contribution in [0.25, 0.3) is 94.5 Å². The molecule has 0 amide bonds. The first-order valence-corrected chi connectivity index (χ1v) is 19.6. The third kappa shape index (κ3) is 5.29. The first-order chi connectivity index (χ1) is 27.8. The standard InChI is InChI=1S/C52H38N4/c1-3-15-39(16-4-1)51-49(53-45-23-11-13-33-55(45)51)37-29-25-35(26-30-37)47-41-19-7-9-21-43(41)48(44-22-10-8-20-42(44)47)36-27-31-38(32-28-36)50-52(40-17-5-2-6-18-40)56-34-14-12-24-46(56)54-50/h1-11,13,15-23,25-33H,12,14,24,34H2. The fourth-order valence-corrected chi connectivity index (χ4v) is 8.98. The normalized spacial score (nSPS) is 12.7. The fourth-order valence-electron chi connectivity index (χ4n) is 8.98. The lowest BCUT2D eigenvalue weighted by Crippen LogP contribution is -2.11. The lowest BCUT2D eigenvalue weighted by molar-refractivity contribution is 0.526.